The number of hydrogen-bond acceptors (Lipinski definition) is 7. The predicted octanol–water partition coefficient (Wildman–Crippen LogP) is 4.11. The van der Waals surface area contributed by atoms with Crippen molar-refractivity contribution in [3.8, 4) is 11.6 Å². The van der Waals surface area contributed by atoms with Gasteiger partial charge < -0.3 is 14.6 Å². The van der Waals surface area contributed by atoms with Gasteiger partial charge in [0.05, 0.1) is 35.6 Å². The molecule has 1 atom stereocenters. The standard InChI is InChI=1S/C24H26ClN5O3/c1-13(2)33-22-21(25)17-11-16(8-10-19(17)28-23(22)32-6)24(31,20-12-26-29-30(20)5)18-9-7-14(3)27-15(18)4/h7-13,31H,1-6H3. The van der Waals surface area contributed by atoms with Gasteiger partial charge in [-0.1, -0.05) is 28.9 Å². The third-order valence-electron chi connectivity index (χ3n) is 5.51. The molecule has 1 unspecified atom stereocenters. The maximum Gasteiger partial charge on any atom is 0.258 e. The number of aryl methyl sites for hydroxylation is 3. The lowest BCUT2D eigenvalue weighted by Gasteiger charge is -2.30. The number of rotatable bonds is 6. The van der Waals surface area contributed by atoms with E-state index in [1.165, 1.54) is 7.11 Å². The van der Waals surface area contributed by atoms with Crippen LogP contribution in [0.3, 0.4) is 0 Å². The third-order valence-corrected chi connectivity index (χ3v) is 5.89. The lowest BCUT2D eigenvalue weighted by atomic mass is 9.82. The molecular formula is C24H26ClN5O3. The highest BCUT2D eigenvalue weighted by atomic mass is 35.5. The molecule has 4 aromatic rings. The van der Waals surface area contributed by atoms with Gasteiger partial charge in [-0.15, -0.1) is 5.10 Å². The van der Waals surface area contributed by atoms with Crippen molar-refractivity contribution in [2.75, 3.05) is 7.11 Å². The maximum atomic E-state index is 12.3. The number of methoxy groups -OCH3 is 1. The summed E-state index contributed by atoms with van der Waals surface area (Å²) in [5.74, 6) is 0.663. The summed E-state index contributed by atoms with van der Waals surface area (Å²) in [7, 11) is 3.26. The van der Waals surface area contributed by atoms with Crippen molar-refractivity contribution >= 4 is 22.5 Å². The van der Waals surface area contributed by atoms with Crippen LogP contribution in [0.5, 0.6) is 11.6 Å². The van der Waals surface area contributed by atoms with Gasteiger partial charge in [0.2, 0.25) is 5.75 Å². The molecule has 0 spiro atoms. The van der Waals surface area contributed by atoms with E-state index in [0.29, 0.717) is 50.1 Å². The summed E-state index contributed by atoms with van der Waals surface area (Å²) < 4.78 is 12.8. The van der Waals surface area contributed by atoms with Crippen molar-refractivity contribution in [2.24, 2.45) is 7.05 Å². The molecule has 4 rings (SSSR count). The Hall–Kier alpha value is -3.23. The molecule has 3 heterocycles. The Morgan fingerprint density at radius 3 is 2.48 bits per heavy atom. The van der Waals surface area contributed by atoms with Gasteiger partial charge in [-0.25, -0.2) is 9.67 Å². The maximum absolute atomic E-state index is 12.3. The third kappa shape index (κ3) is 3.89. The summed E-state index contributed by atoms with van der Waals surface area (Å²) in [5.41, 5.74) is 2.26. The number of fused-ring (bicyclic) bond motifs is 1. The number of ether oxygens (including phenoxy) is 2. The molecule has 3 aromatic heterocycles. The normalized spacial score (nSPS) is 13.4. The van der Waals surface area contributed by atoms with Gasteiger partial charge >= 0.3 is 0 Å². The van der Waals surface area contributed by atoms with Crippen molar-refractivity contribution in [2.45, 2.75) is 39.4 Å². The minimum absolute atomic E-state index is 0.127. The first-order chi connectivity index (χ1) is 15.7. The quantitative estimate of drug-likeness (QED) is 0.456. The van der Waals surface area contributed by atoms with Crippen LogP contribution in [0.2, 0.25) is 5.02 Å². The van der Waals surface area contributed by atoms with E-state index >= 15 is 0 Å². The van der Waals surface area contributed by atoms with Gasteiger partial charge in [-0.05, 0) is 51.5 Å². The molecular weight excluding hydrogens is 442 g/mol. The van der Waals surface area contributed by atoms with Crippen LogP contribution in [-0.2, 0) is 12.6 Å². The van der Waals surface area contributed by atoms with Gasteiger partial charge in [0.1, 0.15) is 0 Å². The van der Waals surface area contributed by atoms with Gasteiger partial charge in [0.25, 0.3) is 5.88 Å². The number of aliphatic hydroxyl groups is 1. The second-order valence-electron chi connectivity index (χ2n) is 8.20. The zero-order valence-electron chi connectivity index (χ0n) is 19.4. The molecule has 0 saturated heterocycles. The van der Waals surface area contributed by atoms with Crippen LogP contribution >= 0.6 is 11.6 Å². The van der Waals surface area contributed by atoms with E-state index in [1.807, 2.05) is 45.9 Å². The lowest BCUT2D eigenvalue weighted by molar-refractivity contribution is 0.115. The molecule has 0 saturated carbocycles. The molecule has 0 radical (unpaired) electrons. The van der Waals surface area contributed by atoms with Crippen LogP contribution in [-0.4, -0.2) is 43.3 Å². The van der Waals surface area contributed by atoms with E-state index in [1.54, 1.807) is 30.1 Å². The number of aromatic nitrogens is 5. The van der Waals surface area contributed by atoms with E-state index in [-0.39, 0.29) is 6.10 Å². The molecule has 8 nitrogen and oxygen atoms in total. The van der Waals surface area contributed by atoms with Crippen LogP contribution in [0.1, 0.15) is 42.1 Å². The highest BCUT2D eigenvalue weighted by molar-refractivity contribution is 6.37. The fourth-order valence-corrected chi connectivity index (χ4v) is 4.29. The predicted molar refractivity (Wildman–Crippen MR) is 126 cm³/mol. The summed E-state index contributed by atoms with van der Waals surface area (Å²) in [4.78, 5) is 9.13. The fraction of sp³-hybridized carbons (Fsp3) is 0.333. The van der Waals surface area contributed by atoms with Crippen LogP contribution in [0.25, 0.3) is 10.9 Å². The first-order valence-corrected chi connectivity index (χ1v) is 10.9. The van der Waals surface area contributed by atoms with Crippen molar-refractivity contribution in [1.29, 1.82) is 0 Å². The molecule has 33 heavy (non-hydrogen) atoms. The van der Waals surface area contributed by atoms with Crippen molar-refractivity contribution in [3.63, 3.8) is 0 Å². The number of nitrogens with zero attached hydrogens (tertiary/aromatic N) is 5. The van der Waals surface area contributed by atoms with Gasteiger partial charge in [0.15, 0.2) is 5.60 Å². The average molecular weight is 468 g/mol. The summed E-state index contributed by atoms with van der Waals surface area (Å²) in [5, 5.41) is 21.3. The summed E-state index contributed by atoms with van der Waals surface area (Å²) >= 11 is 6.78. The van der Waals surface area contributed by atoms with Gasteiger partial charge in [-0.3, -0.25) is 4.98 Å². The Morgan fingerprint density at radius 1 is 1.12 bits per heavy atom. The number of benzene rings is 1. The Balaban J connectivity index is 2.02. The highest BCUT2D eigenvalue weighted by Gasteiger charge is 2.39. The van der Waals surface area contributed by atoms with E-state index < -0.39 is 5.60 Å². The Kier molecular flexibility index (Phi) is 5.99. The Morgan fingerprint density at radius 2 is 1.88 bits per heavy atom. The van der Waals surface area contributed by atoms with Crippen LogP contribution in [0.15, 0.2) is 36.5 Å². The second kappa shape index (κ2) is 8.61. The number of halogens is 1. The molecule has 0 fully saturated rings. The van der Waals surface area contributed by atoms with E-state index in [2.05, 4.69) is 20.3 Å². The molecule has 172 valence electrons. The Labute approximate surface area is 197 Å². The molecule has 0 aliphatic heterocycles. The summed E-state index contributed by atoms with van der Waals surface area (Å²) in [6.07, 6.45) is 1.42. The average Bonchev–Trinajstić information content (AvgIpc) is 3.21. The van der Waals surface area contributed by atoms with E-state index in [4.69, 9.17) is 21.1 Å². The molecule has 0 aliphatic carbocycles. The minimum Gasteiger partial charge on any atom is -0.484 e. The second-order valence-corrected chi connectivity index (χ2v) is 8.58. The van der Waals surface area contributed by atoms with Gasteiger partial charge in [0, 0.05) is 29.4 Å². The largest absolute Gasteiger partial charge is 0.484 e. The number of pyridine rings is 2. The topological polar surface area (TPSA) is 95.2 Å². The van der Waals surface area contributed by atoms with Crippen LogP contribution in [0.4, 0.5) is 0 Å². The molecule has 1 aromatic carbocycles. The van der Waals surface area contributed by atoms with Gasteiger partial charge in [-0.2, -0.15) is 0 Å². The molecule has 9 heteroatoms. The van der Waals surface area contributed by atoms with Crippen molar-refractivity contribution < 1.29 is 14.6 Å². The minimum atomic E-state index is -1.58. The summed E-state index contributed by atoms with van der Waals surface area (Å²) in [6, 6.07) is 9.15. The van der Waals surface area contributed by atoms with Crippen molar-refractivity contribution in [1.82, 2.24) is 25.0 Å². The van der Waals surface area contributed by atoms with Crippen LogP contribution in [0, 0.1) is 13.8 Å². The van der Waals surface area contributed by atoms with E-state index in [0.717, 1.165) is 5.69 Å². The molecule has 1 N–H and O–H groups in total. The van der Waals surface area contributed by atoms with Crippen molar-refractivity contribution in [3.05, 3.63) is 69.8 Å². The molecule has 0 aliphatic rings. The zero-order chi connectivity index (χ0) is 23.9. The van der Waals surface area contributed by atoms with E-state index in [9.17, 15) is 5.11 Å². The first kappa shape index (κ1) is 22.9. The Bertz CT molecular complexity index is 1340. The monoisotopic (exact) mass is 467 g/mol. The molecule has 0 bridgehead atoms. The molecule has 0 amide bonds. The first-order valence-electron chi connectivity index (χ1n) is 10.5. The SMILES string of the molecule is COc1nc2ccc(C(O)(c3ccc(C)nc3C)c3cnnn3C)cc2c(Cl)c1OC(C)C. The highest BCUT2D eigenvalue weighted by Crippen LogP contribution is 2.43. The summed E-state index contributed by atoms with van der Waals surface area (Å²) in [6.45, 7) is 7.58. The smallest absolute Gasteiger partial charge is 0.258 e. The number of hydrogen-bond donors (Lipinski definition) is 1. The lowest BCUT2D eigenvalue weighted by Crippen LogP contribution is -2.32. The van der Waals surface area contributed by atoms with Crippen LogP contribution < -0.4 is 9.47 Å². The fourth-order valence-electron chi connectivity index (χ4n) is 4.01. The zero-order valence-corrected chi connectivity index (χ0v) is 20.2.